The van der Waals surface area contributed by atoms with Crippen molar-refractivity contribution in [2.75, 3.05) is 0 Å². The third-order valence-corrected chi connectivity index (χ3v) is 3.71. The predicted molar refractivity (Wildman–Crippen MR) is 84.3 cm³/mol. The van der Waals surface area contributed by atoms with E-state index in [1.54, 1.807) is 16.9 Å². The first kappa shape index (κ1) is 14.4. The Kier molecular flexibility index (Phi) is 3.63. The minimum absolute atomic E-state index is 0.247. The molecular formula is C14H15Cl2N5. The molecule has 0 saturated heterocycles. The van der Waals surface area contributed by atoms with Gasteiger partial charge in [-0.1, -0.05) is 18.5 Å². The van der Waals surface area contributed by atoms with E-state index in [0.29, 0.717) is 5.02 Å². The zero-order valence-corrected chi connectivity index (χ0v) is 13.5. The summed E-state index contributed by atoms with van der Waals surface area (Å²) in [5, 5.41) is 4.79. The zero-order chi connectivity index (χ0) is 15.1. The van der Waals surface area contributed by atoms with Crippen LogP contribution in [0.1, 0.15) is 30.7 Å². The number of aryl methyl sites for hydroxylation is 2. The summed E-state index contributed by atoms with van der Waals surface area (Å²) < 4.78 is 3.76. The lowest BCUT2D eigenvalue weighted by atomic mass is 10.3. The van der Waals surface area contributed by atoms with Crippen molar-refractivity contribution in [3.63, 3.8) is 0 Å². The third-order valence-electron chi connectivity index (χ3n) is 3.30. The molecule has 0 bridgehead atoms. The highest BCUT2D eigenvalue weighted by Gasteiger charge is 2.20. The van der Waals surface area contributed by atoms with E-state index in [-0.39, 0.29) is 5.38 Å². The van der Waals surface area contributed by atoms with E-state index in [4.69, 9.17) is 23.2 Å². The van der Waals surface area contributed by atoms with Crippen LogP contribution in [0.5, 0.6) is 0 Å². The highest BCUT2D eigenvalue weighted by Crippen LogP contribution is 2.29. The number of rotatable bonds is 3. The number of fused-ring (bicyclic) bond motifs is 1. The number of hydrogen-bond donors (Lipinski definition) is 0. The van der Waals surface area contributed by atoms with Crippen molar-refractivity contribution in [3.8, 4) is 5.69 Å². The summed E-state index contributed by atoms with van der Waals surface area (Å²) in [5.41, 5.74) is 3.41. The molecule has 3 aromatic rings. The molecule has 7 heteroatoms. The summed E-state index contributed by atoms with van der Waals surface area (Å²) in [6.45, 7) is 3.96. The fourth-order valence-electron chi connectivity index (χ4n) is 2.42. The van der Waals surface area contributed by atoms with Crippen LogP contribution in [0.15, 0.2) is 18.5 Å². The number of imidazole rings is 1. The van der Waals surface area contributed by atoms with E-state index < -0.39 is 0 Å². The van der Waals surface area contributed by atoms with Crippen molar-refractivity contribution in [1.29, 1.82) is 0 Å². The summed E-state index contributed by atoms with van der Waals surface area (Å²) in [6, 6.07) is 1.80. The quantitative estimate of drug-likeness (QED) is 0.691. The molecule has 21 heavy (non-hydrogen) atoms. The van der Waals surface area contributed by atoms with E-state index in [9.17, 15) is 0 Å². The summed E-state index contributed by atoms with van der Waals surface area (Å²) in [7, 11) is 1.90. The molecular weight excluding hydrogens is 309 g/mol. The molecule has 0 saturated carbocycles. The van der Waals surface area contributed by atoms with Crippen LogP contribution in [-0.2, 0) is 13.5 Å². The average molecular weight is 324 g/mol. The van der Waals surface area contributed by atoms with Crippen molar-refractivity contribution >= 4 is 34.4 Å². The molecule has 0 N–H and O–H groups in total. The van der Waals surface area contributed by atoms with Crippen molar-refractivity contribution in [3.05, 3.63) is 35.0 Å². The number of pyridine rings is 1. The van der Waals surface area contributed by atoms with Crippen LogP contribution in [0.2, 0.25) is 5.02 Å². The van der Waals surface area contributed by atoms with Gasteiger partial charge in [0, 0.05) is 19.4 Å². The summed E-state index contributed by atoms with van der Waals surface area (Å²) in [4.78, 5) is 9.00. The largest absolute Gasteiger partial charge is 0.276 e. The van der Waals surface area contributed by atoms with Gasteiger partial charge < -0.3 is 0 Å². The Balaban J connectivity index is 2.36. The number of alkyl halides is 1. The van der Waals surface area contributed by atoms with Gasteiger partial charge in [-0.3, -0.25) is 9.25 Å². The molecule has 0 spiro atoms. The van der Waals surface area contributed by atoms with Gasteiger partial charge in [-0.2, -0.15) is 5.10 Å². The molecule has 3 aromatic heterocycles. The van der Waals surface area contributed by atoms with Crippen LogP contribution < -0.4 is 0 Å². The first-order valence-electron chi connectivity index (χ1n) is 6.72. The molecule has 110 valence electrons. The zero-order valence-electron chi connectivity index (χ0n) is 12.0. The topological polar surface area (TPSA) is 48.5 Å². The Morgan fingerprint density at radius 1 is 1.38 bits per heavy atom. The van der Waals surface area contributed by atoms with Crippen LogP contribution in [0.4, 0.5) is 0 Å². The van der Waals surface area contributed by atoms with Crippen LogP contribution in [0.25, 0.3) is 16.9 Å². The smallest absolute Gasteiger partial charge is 0.164 e. The number of nitrogens with zero attached hydrogens (tertiary/aromatic N) is 5. The van der Waals surface area contributed by atoms with Gasteiger partial charge in [0.05, 0.1) is 21.8 Å². The fourth-order valence-corrected chi connectivity index (χ4v) is 2.72. The van der Waals surface area contributed by atoms with Crippen molar-refractivity contribution in [2.24, 2.45) is 7.05 Å². The molecule has 0 amide bonds. The van der Waals surface area contributed by atoms with Crippen LogP contribution in [-0.4, -0.2) is 24.3 Å². The minimum Gasteiger partial charge on any atom is -0.276 e. The molecule has 3 rings (SSSR count). The second-order valence-electron chi connectivity index (χ2n) is 4.91. The Hall–Kier alpha value is -1.59. The number of hydrogen-bond acceptors (Lipinski definition) is 3. The van der Waals surface area contributed by atoms with E-state index in [2.05, 4.69) is 22.0 Å². The van der Waals surface area contributed by atoms with Gasteiger partial charge in [0.1, 0.15) is 11.3 Å². The standard InChI is InChI=1S/C14H15Cl2N5/c1-4-10-12(7-20(3)19-10)21-13(8(2)15)18-11-5-9(16)6-17-14(11)21/h5-8H,4H2,1-3H3. The van der Waals surface area contributed by atoms with Crippen LogP contribution in [0.3, 0.4) is 0 Å². The maximum absolute atomic E-state index is 6.30. The maximum Gasteiger partial charge on any atom is 0.164 e. The fraction of sp³-hybridized carbons (Fsp3) is 0.357. The lowest BCUT2D eigenvalue weighted by molar-refractivity contribution is 0.746. The molecule has 0 aliphatic carbocycles. The predicted octanol–water partition coefficient (Wildman–Crippen LogP) is 3.67. The summed E-state index contributed by atoms with van der Waals surface area (Å²) >= 11 is 12.3. The van der Waals surface area contributed by atoms with E-state index in [1.165, 1.54) is 0 Å². The van der Waals surface area contributed by atoms with Gasteiger partial charge in [-0.05, 0) is 19.4 Å². The SMILES string of the molecule is CCc1nn(C)cc1-n1c(C(C)Cl)nc2cc(Cl)cnc21. The van der Waals surface area contributed by atoms with Gasteiger partial charge in [0.25, 0.3) is 0 Å². The highest BCUT2D eigenvalue weighted by atomic mass is 35.5. The molecule has 0 aliphatic rings. The molecule has 0 aromatic carbocycles. The highest BCUT2D eigenvalue weighted by molar-refractivity contribution is 6.31. The first-order valence-corrected chi connectivity index (χ1v) is 7.53. The lowest BCUT2D eigenvalue weighted by Gasteiger charge is -2.09. The van der Waals surface area contributed by atoms with Gasteiger partial charge in [-0.15, -0.1) is 11.6 Å². The van der Waals surface area contributed by atoms with Gasteiger partial charge in [0.2, 0.25) is 0 Å². The van der Waals surface area contributed by atoms with Crippen LogP contribution >= 0.6 is 23.2 Å². The summed E-state index contributed by atoms with van der Waals surface area (Å²) in [5.74, 6) is 0.740. The Morgan fingerprint density at radius 2 is 2.14 bits per heavy atom. The van der Waals surface area contributed by atoms with Gasteiger partial charge in [-0.25, -0.2) is 9.97 Å². The molecule has 1 unspecified atom stereocenters. The summed E-state index contributed by atoms with van der Waals surface area (Å²) in [6.07, 6.45) is 4.39. The normalized spacial score (nSPS) is 13.0. The van der Waals surface area contributed by atoms with Crippen LogP contribution in [0, 0.1) is 0 Å². The first-order chi connectivity index (χ1) is 10.0. The van der Waals surface area contributed by atoms with E-state index in [1.807, 2.05) is 24.7 Å². The van der Waals surface area contributed by atoms with E-state index >= 15 is 0 Å². The minimum atomic E-state index is -0.247. The average Bonchev–Trinajstić information content (AvgIpc) is 2.97. The number of halogens is 2. The maximum atomic E-state index is 6.30. The molecule has 3 heterocycles. The molecule has 1 atom stereocenters. The monoisotopic (exact) mass is 323 g/mol. The number of aromatic nitrogens is 5. The Bertz CT molecular complexity index is 803. The third kappa shape index (κ3) is 2.40. The second-order valence-corrected chi connectivity index (χ2v) is 6.00. The van der Waals surface area contributed by atoms with Gasteiger partial charge in [0.15, 0.2) is 5.65 Å². The molecule has 0 aliphatic heterocycles. The second kappa shape index (κ2) is 5.31. The Labute approximate surface area is 132 Å². The molecule has 0 radical (unpaired) electrons. The van der Waals surface area contributed by atoms with Crippen molar-refractivity contribution < 1.29 is 0 Å². The van der Waals surface area contributed by atoms with E-state index in [0.717, 1.165) is 34.8 Å². The van der Waals surface area contributed by atoms with Gasteiger partial charge >= 0.3 is 0 Å². The van der Waals surface area contributed by atoms with Crippen molar-refractivity contribution in [1.82, 2.24) is 24.3 Å². The molecule has 5 nitrogen and oxygen atoms in total. The van der Waals surface area contributed by atoms with Crippen molar-refractivity contribution in [2.45, 2.75) is 25.6 Å². The lowest BCUT2D eigenvalue weighted by Crippen LogP contribution is -2.04. The molecule has 0 fully saturated rings. The Morgan fingerprint density at radius 3 is 2.81 bits per heavy atom.